The van der Waals surface area contributed by atoms with Crippen LogP contribution in [0.5, 0.6) is 0 Å². The first kappa shape index (κ1) is 11.2. The molecule has 0 aromatic carbocycles. The van der Waals surface area contributed by atoms with Crippen molar-refractivity contribution in [1.82, 2.24) is 0 Å². The Kier molecular flexibility index (Phi) is 2.73. The van der Waals surface area contributed by atoms with Crippen molar-refractivity contribution in [3.05, 3.63) is 12.7 Å². The van der Waals surface area contributed by atoms with Crippen molar-refractivity contribution in [2.24, 2.45) is 22.7 Å². The Morgan fingerprint density at radius 1 is 1.20 bits per heavy atom. The Balaban J connectivity index is 1.80. The number of unbranched alkanes of at least 4 members (excludes halogenated alkanes) is 2. The Morgan fingerprint density at radius 3 is 2.40 bits per heavy atom. The molecule has 0 radical (unpaired) electrons. The van der Waals surface area contributed by atoms with E-state index in [1.165, 1.54) is 38.5 Å². The van der Waals surface area contributed by atoms with Gasteiger partial charge in [-0.25, -0.2) is 0 Å². The molecule has 0 spiro atoms. The van der Waals surface area contributed by atoms with Gasteiger partial charge in [0, 0.05) is 0 Å². The molecule has 0 N–H and O–H groups in total. The summed E-state index contributed by atoms with van der Waals surface area (Å²) in [7, 11) is 0. The third-order valence-corrected chi connectivity index (χ3v) is 5.67. The zero-order valence-corrected chi connectivity index (χ0v) is 10.7. The summed E-state index contributed by atoms with van der Waals surface area (Å²) >= 11 is 0. The maximum absolute atomic E-state index is 3.79. The molecular weight excluding hydrogens is 180 g/mol. The second-order valence-corrected chi connectivity index (χ2v) is 6.63. The summed E-state index contributed by atoms with van der Waals surface area (Å²) in [5.74, 6) is 2.07. The maximum Gasteiger partial charge on any atom is -0.0266 e. The third kappa shape index (κ3) is 1.57. The molecule has 0 aliphatic heterocycles. The molecule has 3 aliphatic rings. The van der Waals surface area contributed by atoms with Gasteiger partial charge in [-0.15, -0.1) is 6.58 Å². The molecule has 3 fully saturated rings. The first-order chi connectivity index (χ1) is 7.01. The van der Waals surface area contributed by atoms with E-state index < -0.39 is 0 Å². The van der Waals surface area contributed by atoms with Crippen LogP contribution < -0.4 is 0 Å². The lowest BCUT2D eigenvalue weighted by Gasteiger charge is -2.53. The fourth-order valence-electron chi connectivity index (χ4n) is 4.14. The van der Waals surface area contributed by atoms with Crippen molar-refractivity contribution in [2.45, 2.75) is 59.3 Å². The smallest absolute Gasteiger partial charge is 0.0266 e. The monoisotopic (exact) mass is 206 g/mol. The van der Waals surface area contributed by atoms with E-state index in [4.69, 9.17) is 0 Å². The summed E-state index contributed by atoms with van der Waals surface area (Å²) in [5.41, 5.74) is 1.32. The lowest BCUT2D eigenvalue weighted by molar-refractivity contribution is -0.0464. The molecule has 3 saturated carbocycles. The summed E-state index contributed by atoms with van der Waals surface area (Å²) in [6.45, 7) is 11.3. The van der Waals surface area contributed by atoms with Crippen molar-refractivity contribution in [3.8, 4) is 0 Å². The Morgan fingerprint density at radius 2 is 1.93 bits per heavy atom. The molecular formula is C15H26. The Bertz CT molecular complexity index is 248. The highest BCUT2D eigenvalue weighted by molar-refractivity contribution is 5.14. The largest absolute Gasteiger partial charge is 0.103 e. The third-order valence-electron chi connectivity index (χ3n) is 5.67. The van der Waals surface area contributed by atoms with E-state index in [1.54, 1.807) is 0 Å². The fourth-order valence-corrected chi connectivity index (χ4v) is 4.14. The molecule has 3 unspecified atom stereocenters. The van der Waals surface area contributed by atoms with Crippen LogP contribution in [0.25, 0.3) is 0 Å². The minimum absolute atomic E-state index is 0.635. The molecule has 15 heavy (non-hydrogen) atoms. The van der Waals surface area contributed by atoms with Gasteiger partial charge < -0.3 is 0 Å². The van der Waals surface area contributed by atoms with Gasteiger partial charge >= 0.3 is 0 Å². The zero-order chi connectivity index (χ0) is 11.1. The molecule has 0 aromatic heterocycles. The van der Waals surface area contributed by atoms with E-state index in [2.05, 4.69) is 33.4 Å². The first-order valence-electron chi connectivity index (χ1n) is 6.62. The number of fused-ring (bicyclic) bond motifs is 1. The highest BCUT2D eigenvalue weighted by atomic mass is 14.7. The molecule has 0 saturated heterocycles. The maximum atomic E-state index is 3.79. The standard InChI is InChI=1S/C15H26/c1-5-6-7-8-9-12-10-15(4)11-13(12)14(15,2)3/h5,12-13H,1,6-11H2,2-4H3. The van der Waals surface area contributed by atoms with Gasteiger partial charge in [-0.1, -0.05) is 39.7 Å². The van der Waals surface area contributed by atoms with Gasteiger partial charge in [0.05, 0.1) is 0 Å². The van der Waals surface area contributed by atoms with Crippen molar-refractivity contribution in [3.63, 3.8) is 0 Å². The Hall–Kier alpha value is -0.260. The average molecular weight is 206 g/mol. The SMILES string of the molecule is C=CCCCCC1CC2(C)CC1C2(C)C. The second-order valence-electron chi connectivity index (χ2n) is 6.63. The number of hydrogen-bond donors (Lipinski definition) is 0. The molecule has 0 heterocycles. The van der Waals surface area contributed by atoms with Gasteiger partial charge in [-0.2, -0.15) is 0 Å². The van der Waals surface area contributed by atoms with Gasteiger partial charge in [-0.3, -0.25) is 0 Å². The predicted molar refractivity (Wildman–Crippen MR) is 66.8 cm³/mol. The lowest BCUT2D eigenvalue weighted by atomic mass is 9.51. The van der Waals surface area contributed by atoms with E-state index in [0.29, 0.717) is 10.8 Å². The minimum Gasteiger partial charge on any atom is -0.103 e. The van der Waals surface area contributed by atoms with Crippen LogP contribution in [0.2, 0.25) is 0 Å². The summed E-state index contributed by atoms with van der Waals surface area (Å²) in [6, 6.07) is 0. The average Bonchev–Trinajstić information content (AvgIpc) is 2.62. The number of hydrogen-bond acceptors (Lipinski definition) is 0. The second kappa shape index (κ2) is 3.64. The van der Waals surface area contributed by atoms with E-state index in [1.807, 2.05) is 0 Å². The predicted octanol–water partition coefficient (Wildman–Crippen LogP) is 4.81. The molecule has 86 valence electrons. The van der Waals surface area contributed by atoms with Gasteiger partial charge in [0.2, 0.25) is 0 Å². The van der Waals surface area contributed by atoms with Gasteiger partial charge in [0.15, 0.2) is 0 Å². The summed E-state index contributed by atoms with van der Waals surface area (Å²) in [4.78, 5) is 0. The van der Waals surface area contributed by atoms with Crippen LogP contribution in [0.15, 0.2) is 12.7 Å². The van der Waals surface area contributed by atoms with Gasteiger partial charge in [0.1, 0.15) is 0 Å². The molecule has 3 rings (SSSR count). The number of allylic oxidation sites excluding steroid dienone is 1. The van der Waals surface area contributed by atoms with Crippen LogP contribution in [0, 0.1) is 22.7 Å². The van der Waals surface area contributed by atoms with Crippen molar-refractivity contribution in [1.29, 1.82) is 0 Å². The molecule has 0 amide bonds. The van der Waals surface area contributed by atoms with Crippen LogP contribution >= 0.6 is 0 Å². The fraction of sp³-hybridized carbons (Fsp3) is 0.867. The molecule has 3 aliphatic carbocycles. The molecule has 0 heteroatoms. The van der Waals surface area contributed by atoms with Crippen molar-refractivity contribution >= 4 is 0 Å². The van der Waals surface area contributed by atoms with Crippen LogP contribution in [-0.2, 0) is 0 Å². The van der Waals surface area contributed by atoms with Crippen LogP contribution in [0.4, 0.5) is 0 Å². The van der Waals surface area contributed by atoms with E-state index in [0.717, 1.165) is 11.8 Å². The highest BCUT2D eigenvalue weighted by Gasteiger charge is 2.65. The molecule has 0 aromatic rings. The van der Waals surface area contributed by atoms with Gasteiger partial charge in [-0.05, 0) is 48.3 Å². The summed E-state index contributed by atoms with van der Waals surface area (Å²) < 4.78 is 0. The number of rotatable bonds is 5. The summed E-state index contributed by atoms with van der Waals surface area (Å²) in [6.07, 6.45) is 10.5. The topological polar surface area (TPSA) is 0 Å². The minimum atomic E-state index is 0.635. The Labute approximate surface area is 95.1 Å². The normalized spacial score (nSPS) is 41.3. The summed E-state index contributed by atoms with van der Waals surface area (Å²) in [5, 5.41) is 0. The first-order valence-corrected chi connectivity index (χ1v) is 6.62. The van der Waals surface area contributed by atoms with E-state index in [9.17, 15) is 0 Å². The zero-order valence-electron chi connectivity index (χ0n) is 10.7. The van der Waals surface area contributed by atoms with Crippen LogP contribution in [0.3, 0.4) is 0 Å². The molecule has 2 bridgehead atoms. The molecule has 0 nitrogen and oxygen atoms in total. The van der Waals surface area contributed by atoms with Crippen LogP contribution in [0.1, 0.15) is 59.3 Å². The van der Waals surface area contributed by atoms with E-state index >= 15 is 0 Å². The lowest BCUT2D eigenvalue weighted by Crippen LogP contribution is -2.46. The van der Waals surface area contributed by atoms with Crippen LogP contribution in [-0.4, -0.2) is 0 Å². The highest BCUT2D eigenvalue weighted by Crippen LogP contribution is 2.73. The van der Waals surface area contributed by atoms with Gasteiger partial charge in [0.25, 0.3) is 0 Å². The quantitative estimate of drug-likeness (QED) is 0.447. The van der Waals surface area contributed by atoms with Crippen molar-refractivity contribution in [2.75, 3.05) is 0 Å². The van der Waals surface area contributed by atoms with E-state index in [-0.39, 0.29) is 0 Å². The van der Waals surface area contributed by atoms with Crippen molar-refractivity contribution < 1.29 is 0 Å². The molecule has 3 atom stereocenters.